The number of carbonyl (C=O) groups is 1. The van der Waals surface area contributed by atoms with Crippen LogP contribution in [0, 0.1) is 0 Å². The highest BCUT2D eigenvalue weighted by Gasteiger charge is 2.23. The van der Waals surface area contributed by atoms with E-state index in [0.717, 1.165) is 11.1 Å². The molecule has 0 saturated carbocycles. The first-order chi connectivity index (χ1) is 12.8. The third-order valence-electron chi connectivity index (χ3n) is 4.56. The molecule has 0 unspecified atom stereocenters. The number of methoxy groups -OCH3 is 2. The number of amides is 1. The number of nitrogens with one attached hydrogen (secondary N) is 1. The summed E-state index contributed by atoms with van der Waals surface area (Å²) in [5.74, 6) is 0.691. The molecule has 0 aliphatic carbocycles. The monoisotopic (exact) mass is 390 g/mol. The predicted octanol–water partition coefficient (Wildman–Crippen LogP) is 2.27. The van der Waals surface area contributed by atoms with Gasteiger partial charge >= 0.3 is 0 Å². The minimum atomic E-state index is -3.25. The van der Waals surface area contributed by atoms with E-state index in [4.69, 9.17) is 9.47 Å². The highest BCUT2D eigenvalue weighted by Crippen LogP contribution is 2.27. The van der Waals surface area contributed by atoms with Crippen molar-refractivity contribution in [3.05, 3.63) is 53.1 Å². The summed E-state index contributed by atoms with van der Waals surface area (Å²) in [5.41, 5.74) is 2.97. The Morgan fingerprint density at radius 2 is 1.85 bits per heavy atom. The molecule has 0 aromatic heterocycles. The van der Waals surface area contributed by atoms with Crippen molar-refractivity contribution in [2.24, 2.45) is 0 Å². The number of anilines is 1. The molecule has 1 N–H and O–H groups in total. The zero-order valence-electron chi connectivity index (χ0n) is 15.5. The van der Waals surface area contributed by atoms with Crippen molar-refractivity contribution in [1.82, 2.24) is 4.31 Å². The molecular weight excluding hydrogens is 368 g/mol. The Balaban J connectivity index is 1.82. The van der Waals surface area contributed by atoms with Crippen LogP contribution >= 0.6 is 0 Å². The molecule has 0 radical (unpaired) electrons. The number of carbonyl (C=O) groups excluding carboxylic acids is 1. The molecule has 0 atom stereocenters. The molecule has 2 aromatic rings. The van der Waals surface area contributed by atoms with E-state index in [9.17, 15) is 13.2 Å². The molecule has 7 nitrogen and oxygen atoms in total. The van der Waals surface area contributed by atoms with Crippen LogP contribution in [-0.2, 0) is 23.0 Å². The zero-order valence-corrected chi connectivity index (χ0v) is 16.3. The summed E-state index contributed by atoms with van der Waals surface area (Å²) in [6.07, 6.45) is 1.86. The van der Waals surface area contributed by atoms with Gasteiger partial charge in [-0.05, 0) is 41.8 Å². The molecule has 0 fully saturated rings. The number of nitrogens with zero attached hydrogens (tertiary/aromatic N) is 1. The van der Waals surface area contributed by atoms with Gasteiger partial charge < -0.3 is 14.8 Å². The number of ether oxygens (including phenoxy) is 2. The first-order valence-electron chi connectivity index (χ1n) is 8.42. The SMILES string of the molecule is COc1ccc(C(=O)Nc2ccc3c(c2)CN(S(C)(=O)=O)CC3)c(OC)c1. The molecule has 27 heavy (non-hydrogen) atoms. The fraction of sp³-hybridized carbons (Fsp3) is 0.316. The fourth-order valence-electron chi connectivity index (χ4n) is 3.08. The Morgan fingerprint density at radius 3 is 2.52 bits per heavy atom. The van der Waals surface area contributed by atoms with Gasteiger partial charge in [0.1, 0.15) is 11.5 Å². The second-order valence-corrected chi connectivity index (χ2v) is 8.33. The molecule has 144 valence electrons. The van der Waals surface area contributed by atoms with Gasteiger partial charge in [-0.15, -0.1) is 0 Å². The number of fused-ring (bicyclic) bond motifs is 1. The topological polar surface area (TPSA) is 84.9 Å². The first-order valence-corrected chi connectivity index (χ1v) is 10.3. The van der Waals surface area contributed by atoms with E-state index < -0.39 is 10.0 Å². The molecule has 2 aromatic carbocycles. The maximum Gasteiger partial charge on any atom is 0.259 e. The summed E-state index contributed by atoms with van der Waals surface area (Å²) < 4.78 is 35.5. The van der Waals surface area contributed by atoms with Crippen molar-refractivity contribution in [1.29, 1.82) is 0 Å². The number of benzene rings is 2. The van der Waals surface area contributed by atoms with Crippen molar-refractivity contribution in [2.45, 2.75) is 13.0 Å². The van der Waals surface area contributed by atoms with Gasteiger partial charge in [-0.25, -0.2) is 8.42 Å². The zero-order chi connectivity index (χ0) is 19.6. The van der Waals surface area contributed by atoms with E-state index in [1.807, 2.05) is 18.2 Å². The molecule has 0 bridgehead atoms. The summed E-state index contributed by atoms with van der Waals surface area (Å²) in [7, 11) is -0.212. The number of hydrogen-bond donors (Lipinski definition) is 1. The summed E-state index contributed by atoms with van der Waals surface area (Å²) in [6.45, 7) is 0.782. The lowest BCUT2D eigenvalue weighted by molar-refractivity contribution is 0.102. The van der Waals surface area contributed by atoms with E-state index in [1.54, 1.807) is 25.3 Å². The molecule has 8 heteroatoms. The van der Waals surface area contributed by atoms with Crippen LogP contribution in [0.15, 0.2) is 36.4 Å². The Labute approximate surface area is 158 Å². The molecule has 0 saturated heterocycles. The van der Waals surface area contributed by atoms with Crippen LogP contribution < -0.4 is 14.8 Å². The Bertz CT molecular complexity index is 972. The van der Waals surface area contributed by atoms with Crippen LogP contribution in [0.1, 0.15) is 21.5 Å². The van der Waals surface area contributed by atoms with Crippen molar-refractivity contribution in [3.8, 4) is 11.5 Å². The highest BCUT2D eigenvalue weighted by atomic mass is 32.2. The van der Waals surface area contributed by atoms with E-state index in [2.05, 4.69) is 5.32 Å². The molecule has 1 amide bonds. The maximum atomic E-state index is 12.6. The maximum absolute atomic E-state index is 12.6. The number of sulfonamides is 1. The summed E-state index contributed by atoms with van der Waals surface area (Å²) in [5, 5.41) is 2.85. The minimum Gasteiger partial charge on any atom is -0.497 e. The summed E-state index contributed by atoms with van der Waals surface area (Å²) in [6, 6.07) is 10.5. The van der Waals surface area contributed by atoms with Crippen LogP contribution in [0.25, 0.3) is 0 Å². The second kappa shape index (κ2) is 7.58. The van der Waals surface area contributed by atoms with E-state index in [0.29, 0.717) is 42.3 Å². The van der Waals surface area contributed by atoms with Gasteiger partial charge in [0, 0.05) is 24.8 Å². The average molecular weight is 390 g/mol. The van der Waals surface area contributed by atoms with Crippen molar-refractivity contribution >= 4 is 21.6 Å². The van der Waals surface area contributed by atoms with Gasteiger partial charge in [0.05, 0.1) is 26.0 Å². The van der Waals surface area contributed by atoms with Crippen molar-refractivity contribution in [3.63, 3.8) is 0 Å². The lowest BCUT2D eigenvalue weighted by atomic mass is 10.0. The molecule has 3 rings (SSSR count). The van der Waals surface area contributed by atoms with Gasteiger partial charge in [0.2, 0.25) is 10.0 Å². The van der Waals surface area contributed by atoms with Gasteiger partial charge in [0.15, 0.2) is 0 Å². The summed E-state index contributed by atoms with van der Waals surface area (Å²) >= 11 is 0. The lowest BCUT2D eigenvalue weighted by Gasteiger charge is -2.27. The average Bonchev–Trinajstić information content (AvgIpc) is 2.66. The predicted molar refractivity (Wildman–Crippen MR) is 103 cm³/mol. The Morgan fingerprint density at radius 1 is 1.07 bits per heavy atom. The van der Waals surface area contributed by atoms with Gasteiger partial charge in [0.25, 0.3) is 5.91 Å². The number of hydrogen-bond acceptors (Lipinski definition) is 5. The Kier molecular flexibility index (Phi) is 5.38. The largest absolute Gasteiger partial charge is 0.497 e. The van der Waals surface area contributed by atoms with Gasteiger partial charge in [-0.3, -0.25) is 4.79 Å². The second-order valence-electron chi connectivity index (χ2n) is 6.35. The molecule has 1 aliphatic rings. The van der Waals surface area contributed by atoms with Crippen LogP contribution in [-0.4, -0.2) is 45.7 Å². The Hall–Kier alpha value is -2.58. The normalized spacial score (nSPS) is 14.3. The smallest absolute Gasteiger partial charge is 0.259 e. The molecule has 1 heterocycles. The van der Waals surface area contributed by atoms with Crippen molar-refractivity contribution in [2.75, 3.05) is 32.3 Å². The van der Waals surface area contributed by atoms with Crippen LogP contribution in [0.2, 0.25) is 0 Å². The third-order valence-corrected chi connectivity index (χ3v) is 5.81. The van der Waals surface area contributed by atoms with Crippen LogP contribution in [0.4, 0.5) is 5.69 Å². The minimum absolute atomic E-state index is 0.309. The fourth-order valence-corrected chi connectivity index (χ4v) is 3.87. The van der Waals surface area contributed by atoms with E-state index in [-0.39, 0.29) is 5.91 Å². The lowest BCUT2D eigenvalue weighted by Crippen LogP contribution is -2.35. The standard InChI is InChI=1S/C19H22N2O5S/c1-25-16-6-7-17(18(11-16)26-2)19(22)20-15-5-4-13-8-9-21(27(3,23)24)12-14(13)10-15/h4-7,10-11H,8-9,12H2,1-3H3,(H,20,22). The molecular formula is C19H22N2O5S. The third kappa shape index (κ3) is 4.23. The first kappa shape index (κ1) is 19.2. The molecule has 1 aliphatic heterocycles. The quantitative estimate of drug-likeness (QED) is 0.847. The molecule has 0 spiro atoms. The van der Waals surface area contributed by atoms with Crippen LogP contribution in [0.5, 0.6) is 11.5 Å². The van der Waals surface area contributed by atoms with Gasteiger partial charge in [-0.1, -0.05) is 6.07 Å². The highest BCUT2D eigenvalue weighted by molar-refractivity contribution is 7.88. The van der Waals surface area contributed by atoms with Gasteiger partial charge in [-0.2, -0.15) is 4.31 Å². The van der Waals surface area contributed by atoms with E-state index >= 15 is 0 Å². The van der Waals surface area contributed by atoms with Crippen LogP contribution in [0.3, 0.4) is 0 Å². The number of rotatable bonds is 5. The summed E-state index contributed by atoms with van der Waals surface area (Å²) in [4.78, 5) is 12.6. The van der Waals surface area contributed by atoms with E-state index in [1.165, 1.54) is 17.7 Å². The van der Waals surface area contributed by atoms with Crippen molar-refractivity contribution < 1.29 is 22.7 Å².